The van der Waals surface area contributed by atoms with Gasteiger partial charge in [-0.05, 0) is 48.5 Å². The molecule has 3 nitrogen and oxygen atoms in total. The first-order chi connectivity index (χ1) is 14.3. The number of para-hydroxylation sites is 4. The Kier molecular flexibility index (Phi) is 3.61. The van der Waals surface area contributed by atoms with E-state index in [-0.39, 0.29) is 0 Å². The van der Waals surface area contributed by atoms with Gasteiger partial charge < -0.3 is 4.42 Å². The first-order valence-corrected chi connectivity index (χ1v) is 10.2. The summed E-state index contributed by atoms with van der Waals surface area (Å²) in [7, 11) is 0. The second-order valence-corrected chi connectivity index (χ2v) is 7.93. The fourth-order valence-corrected chi connectivity index (χ4v) is 4.25. The van der Waals surface area contributed by atoms with Crippen molar-refractivity contribution >= 4 is 48.9 Å². The molecule has 29 heavy (non-hydrogen) atoms. The van der Waals surface area contributed by atoms with Crippen molar-refractivity contribution in [2.75, 3.05) is 0 Å². The van der Waals surface area contributed by atoms with Crippen LogP contribution in [0.25, 0.3) is 50.0 Å². The first kappa shape index (κ1) is 16.6. The van der Waals surface area contributed by atoms with Gasteiger partial charge in [0, 0.05) is 20.9 Å². The van der Waals surface area contributed by atoms with Crippen LogP contribution < -0.4 is 0 Å². The largest absolute Gasteiger partial charge is 0.455 e. The van der Waals surface area contributed by atoms with Crippen molar-refractivity contribution in [3.05, 3.63) is 95.5 Å². The number of halogens is 1. The minimum atomic E-state index is 0.863. The summed E-state index contributed by atoms with van der Waals surface area (Å²) < 4.78 is 9.53. The van der Waals surface area contributed by atoms with Crippen LogP contribution in [0.2, 0.25) is 0 Å². The molecule has 0 N–H and O–H groups in total. The predicted octanol–water partition coefficient (Wildman–Crippen LogP) is 7.35. The number of hydrogen-bond acceptors (Lipinski definition) is 2. The van der Waals surface area contributed by atoms with Crippen LogP contribution in [-0.4, -0.2) is 9.55 Å². The Bertz CT molecular complexity index is 1510. The minimum absolute atomic E-state index is 0.863. The van der Waals surface area contributed by atoms with E-state index in [0.29, 0.717) is 0 Å². The smallest absolute Gasteiger partial charge is 0.149 e. The Morgan fingerprint density at radius 1 is 0.724 bits per heavy atom. The second kappa shape index (κ2) is 6.33. The van der Waals surface area contributed by atoms with Crippen LogP contribution in [0.4, 0.5) is 0 Å². The average Bonchev–Trinajstić information content (AvgIpc) is 3.33. The van der Waals surface area contributed by atoms with E-state index in [9.17, 15) is 0 Å². The number of imidazole rings is 1. The van der Waals surface area contributed by atoms with E-state index in [1.807, 2.05) is 36.4 Å². The lowest BCUT2D eigenvalue weighted by Crippen LogP contribution is -1.97. The van der Waals surface area contributed by atoms with Crippen molar-refractivity contribution in [2.45, 2.75) is 0 Å². The summed E-state index contributed by atoms with van der Waals surface area (Å²) in [4.78, 5) is 4.99. The molecule has 0 saturated carbocycles. The van der Waals surface area contributed by atoms with Gasteiger partial charge in [-0.1, -0.05) is 58.4 Å². The summed E-state index contributed by atoms with van der Waals surface area (Å²) in [5.41, 5.74) is 5.82. The normalized spacial score (nSPS) is 11.6. The van der Waals surface area contributed by atoms with Gasteiger partial charge in [0.1, 0.15) is 17.0 Å². The van der Waals surface area contributed by atoms with Gasteiger partial charge in [-0.3, -0.25) is 4.57 Å². The molecule has 0 saturated heterocycles. The quantitative estimate of drug-likeness (QED) is 0.282. The predicted molar refractivity (Wildman–Crippen MR) is 121 cm³/mol. The van der Waals surface area contributed by atoms with Crippen LogP contribution in [0.5, 0.6) is 0 Å². The maximum Gasteiger partial charge on any atom is 0.149 e. The van der Waals surface area contributed by atoms with E-state index in [4.69, 9.17) is 9.40 Å². The molecule has 6 rings (SSSR count). The van der Waals surface area contributed by atoms with Crippen LogP contribution in [0.15, 0.2) is 99.9 Å². The number of aromatic nitrogens is 2. The molecular formula is C25H15BrN2O. The van der Waals surface area contributed by atoms with Gasteiger partial charge in [0.25, 0.3) is 0 Å². The number of benzene rings is 4. The summed E-state index contributed by atoms with van der Waals surface area (Å²) in [5.74, 6) is 0.873. The van der Waals surface area contributed by atoms with Crippen molar-refractivity contribution in [2.24, 2.45) is 0 Å². The Hall–Kier alpha value is -3.37. The number of furan rings is 1. The molecule has 138 valence electrons. The number of hydrogen-bond donors (Lipinski definition) is 0. The monoisotopic (exact) mass is 438 g/mol. The lowest BCUT2D eigenvalue weighted by atomic mass is 10.1. The molecule has 0 aliphatic carbocycles. The zero-order chi connectivity index (χ0) is 19.4. The molecule has 0 bridgehead atoms. The number of nitrogens with zero attached hydrogens (tertiary/aromatic N) is 2. The molecular weight excluding hydrogens is 424 g/mol. The third kappa shape index (κ3) is 2.53. The highest BCUT2D eigenvalue weighted by atomic mass is 79.9. The van der Waals surface area contributed by atoms with Crippen LogP contribution >= 0.6 is 15.9 Å². The first-order valence-electron chi connectivity index (χ1n) is 9.44. The maximum atomic E-state index is 6.28. The van der Waals surface area contributed by atoms with E-state index in [1.54, 1.807) is 0 Å². The highest BCUT2D eigenvalue weighted by molar-refractivity contribution is 9.10. The molecule has 0 radical (unpaired) electrons. The zero-order valence-corrected chi connectivity index (χ0v) is 16.9. The number of rotatable bonds is 2. The maximum absolute atomic E-state index is 6.28. The van der Waals surface area contributed by atoms with Gasteiger partial charge in [-0.15, -0.1) is 0 Å². The molecule has 0 atom stereocenters. The van der Waals surface area contributed by atoms with Gasteiger partial charge in [0.2, 0.25) is 0 Å². The Labute approximate surface area is 175 Å². The van der Waals surface area contributed by atoms with E-state index in [2.05, 4.69) is 75.1 Å². The fourth-order valence-electron chi connectivity index (χ4n) is 3.98. The van der Waals surface area contributed by atoms with Crippen molar-refractivity contribution < 1.29 is 4.42 Å². The SMILES string of the molecule is Brc1ccc(-n2c(-c3cccc4c3oc3ccccc34)nc3ccccc32)cc1. The molecule has 2 heterocycles. The van der Waals surface area contributed by atoms with Gasteiger partial charge in [-0.2, -0.15) is 0 Å². The summed E-state index contributed by atoms with van der Waals surface area (Å²) >= 11 is 3.53. The lowest BCUT2D eigenvalue weighted by molar-refractivity contribution is 0.669. The molecule has 0 amide bonds. The Morgan fingerprint density at radius 2 is 1.48 bits per heavy atom. The van der Waals surface area contributed by atoms with Crippen LogP contribution in [0.3, 0.4) is 0 Å². The molecule has 2 aromatic heterocycles. The van der Waals surface area contributed by atoms with Gasteiger partial charge >= 0.3 is 0 Å². The topological polar surface area (TPSA) is 31.0 Å². The molecule has 4 aromatic carbocycles. The Morgan fingerprint density at radius 3 is 2.38 bits per heavy atom. The van der Waals surface area contributed by atoms with Crippen molar-refractivity contribution in [1.29, 1.82) is 0 Å². The van der Waals surface area contributed by atoms with Crippen molar-refractivity contribution in [1.82, 2.24) is 9.55 Å². The third-order valence-electron chi connectivity index (χ3n) is 5.29. The van der Waals surface area contributed by atoms with Crippen LogP contribution in [0, 0.1) is 0 Å². The molecule has 6 aromatic rings. The third-order valence-corrected chi connectivity index (χ3v) is 5.82. The van der Waals surface area contributed by atoms with Crippen LogP contribution in [0.1, 0.15) is 0 Å². The molecule has 0 aliphatic rings. The molecule has 0 unspecified atom stereocenters. The summed E-state index contributed by atoms with van der Waals surface area (Å²) in [6.45, 7) is 0. The van der Waals surface area contributed by atoms with Crippen molar-refractivity contribution in [3.8, 4) is 17.1 Å². The summed E-state index contributed by atoms with van der Waals surface area (Å²) in [5, 5.41) is 2.23. The van der Waals surface area contributed by atoms with Gasteiger partial charge in [-0.25, -0.2) is 4.98 Å². The van der Waals surface area contributed by atoms with Crippen molar-refractivity contribution in [3.63, 3.8) is 0 Å². The molecule has 0 aliphatic heterocycles. The minimum Gasteiger partial charge on any atom is -0.455 e. The van der Waals surface area contributed by atoms with Gasteiger partial charge in [0.15, 0.2) is 0 Å². The second-order valence-electron chi connectivity index (χ2n) is 7.02. The summed E-state index contributed by atoms with van der Waals surface area (Å²) in [6, 6.07) is 30.9. The van der Waals surface area contributed by atoms with E-state index in [0.717, 1.165) is 54.5 Å². The fraction of sp³-hybridized carbons (Fsp3) is 0. The van der Waals surface area contributed by atoms with Gasteiger partial charge in [0.05, 0.1) is 16.6 Å². The zero-order valence-electron chi connectivity index (χ0n) is 15.3. The molecule has 4 heteroatoms. The Balaban J connectivity index is 1.72. The standard InChI is InChI=1S/C25H15BrN2O/c26-16-12-14-17(15-13-16)28-22-10-3-2-9-21(22)27-25(28)20-8-5-7-19-18-6-1-4-11-23(18)29-24(19)20/h1-15H. The summed E-state index contributed by atoms with van der Waals surface area (Å²) in [6.07, 6.45) is 0. The number of fused-ring (bicyclic) bond motifs is 4. The lowest BCUT2D eigenvalue weighted by Gasteiger charge is -2.10. The van der Waals surface area contributed by atoms with E-state index >= 15 is 0 Å². The van der Waals surface area contributed by atoms with Crippen LogP contribution in [-0.2, 0) is 0 Å². The molecule has 0 spiro atoms. The van der Waals surface area contributed by atoms with E-state index in [1.165, 1.54) is 0 Å². The highest BCUT2D eigenvalue weighted by Gasteiger charge is 2.19. The molecule has 0 fully saturated rings. The average molecular weight is 439 g/mol. The van der Waals surface area contributed by atoms with E-state index < -0.39 is 0 Å². The highest BCUT2D eigenvalue weighted by Crippen LogP contribution is 2.37.